The lowest BCUT2D eigenvalue weighted by molar-refractivity contribution is 0.174. The summed E-state index contributed by atoms with van der Waals surface area (Å²) in [6, 6.07) is 7.67. The molecule has 0 bridgehead atoms. The predicted molar refractivity (Wildman–Crippen MR) is 172 cm³/mol. The molecule has 0 aliphatic carbocycles. The first kappa shape index (κ1) is 33.4. The van der Waals surface area contributed by atoms with Gasteiger partial charge in [-0.2, -0.15) is 0 Å². The molecule has 2 heterocycles. The summed E-state index contributed by atoms with van der Waals surface area (Å²) in [5.74, 6) is 0.377. The number of urea groups is 1. The minimum atomic E-state index is -3.18. The van der Waals surface area contributed by atoms with E-state index in [4.69, 9.17) is 46.4 Å². The minimum Gasteiger partial charge on any atom is -0.324 e. The lowest BCUT2D eigenvalue weighted by Crippen LogP contribution is -2.63. The highest BCUT2D eigenvalue weighted by atomic mass is 32.2. The fraction of sp³-hybridized carbons (Fsp3) is 0.421. The van der Waals surface area contributed by atoms with Gasteiger partial charge in [-0.05, 0) is 25.8 Å². The number of carbonyl (C=O) groups is 1. The maximum Gasteiger partial charge on any atom is 0.323 e. The summed E-state index contributed by atoms with van der Waals surface area (Å²) in [6.07, 6.45) is 3.45. The van der Waals surface area contributed by atoms with Gasteiger partial charge in [0.2, 0.25) is 10.0 Å². The van der Waals surface area contributed by atoms with E-state index in [1.165, 1.54) is 23.8 Å². The van der Waals surface area contributed by atoms with Crippen molar-refractivity contribution in [3.63, 3.8) is 0 Å². The maximum atomic E-state index is 12.5. The molecule has 0 saturated carbocycles. The molecule has 2 aromatic rings. The van der Waals surface area contributed by atoms with E-state index < -0.39 is 29.2 Å². The van der Waals surface area contributed by atoms with Gasteiger partial charge in [0.05, 0.1) is 24.3 Å². The molecular formula is C19H25B11N5O3S. The fourth-order valence-corrected chi connectivity index (χ4v) is 5.04. The molecule has 0 unspecified atom stereocenters. The van der Waals surface area contributed by atoms with Gasteiger partial charge in [-0.15, -0.1) is 0 Å². The number of nitrogens with zero attached hydrogens (tertiary/aromatic N) is 4. The van der Waals surface area contributed by atoms with Gasteiger partial charge in [0.15, 0.2) is 5.82 Å². The molecule has 3 rings (SSSR count). The lowest BCUT2D eigenvalue weighted by Gasteiger charge is -2.35. The number of carbonyl (C=O) groups excluding carboxylic acids is 1. The van der Waals surface area contributed by atoms with Gasteiger partial charge in [0.1, 0.15) is 0 Å². The van der Waals surface area contributed by atoms with Crippen molar-refractivity contribution in [1.82, 2.24) is 19.2 Å². The first-order valence-electron chi connectivity index (χ1n) is 12.5. The zero-order chi connectivity index (χ0) is 29.3. The van der Waals surface area contributed by atoms with Crippen LogP contribution in [0.1, 0.15) is 18.4 Å². The highest BCUT2D eigenvalue weighted by Gasteiger charge is 2.29. The third-order valence-electron chi connectivity index (χ3n) is 6.52. The summed E-state index contributed by atoms with van der Waals surface area (Å²) >= 11 is 0. The van der Waals surface area contributed by atoms with Gasteiger partial charge in [-0.25, -0.2) is 22.5 Å². The summed E-state index contributed by atoms with van der Waals surface area (Å²) in [4.78, 5) is 22.8. The van der Waals surface area contributed by atoms with Crippen LogP contribution in [0.15, 0.2) is 36.7 Å². The van der Waals surface area contributed by atoms with Gasteiger partial charge in [-0.3, -0.25) is 10.3 Å². The SMILES string of the molecule is Cc1cccc(-c2cnc(NC(=O)N(C)C3CCN(S(C)(=O)=O)CC3)cn2)c1.[B][B]B([B])B(B([B])[B])B([B])[B]. The molecule has 1 aliphatic rings. The quantitative estimate of drug-likeness (QED) is 0.411. The predicted octanol–water partition coefficient (Wildman–Crippen LogP) is -1.85. The van der Waals surface area contributed by atoms with Gasteiger partial charge in [0, 0.05) is 111 Å². The van der Waals surface area contributed by atoms with Crippen molar-refractivity contribution in [2.45, 2.75) is 25.8 Å². The molecule has 1 aromatic heterocycles. The van der Waals surface area contributed by atoms with E-state index in [2.05, 4.69) is 15.3 Å². The molecule has 1 aliphatic heterocycles. The smallest absolute Gasteiger partial charge is 0.323 e. The molecule has 8 nitrogen and oxygen atoms in total. The molecule has 2 amide bonds. The number of anilines is 1. The Morgan fingerprint density at radius 3 is 2.15 bits per heavy atom. The van der Waals surface area contributed by atoms with E-state index in [9.17, 15) is 13.2 Å². The van der Waals surface area contributed by atoms with Crippen molar-refractivity contribution in [1.29, 1.82) is 0 Å². The molecule has 13 radical (unpaired) electrons. The van der Waals surface area contributed by atoms with Crippen LogP contribution >= 0.6 is 0 Å². The Bertz CT molecular complexity index is 1160. The Labute approximate surface area is 243 Å². The Hall–Kier alpha value is -1.81. The van der Waals surface area contributed by atoms with Crippen molar-refractivity contribution >= 4 is 101 Å². The van der Waals surface area contributed by atoms with E-state index in [0.717, 1.165) is 16.8 Å². The summed E-state index contributed by atoms with van der Waals surface area (Å²) in [5, 5.41) is 2.75. The van der Waals surface area contributed by atoms with Crippen LogP contribution in [0, 0.1) is 6.92 Å². The number of nitrogens with one attached hydrogen (secondary N) is 1. The van der Waals surface area contributed by atoms with Crippen LogP contribution in [0.3, 0.4) is 0 Å². The van der Waals surface area contributed by atoms with E-state index in [0.29, 0.717) is 31.7 Å². The number of aryl methyl sites for hydroxylation is 1. The van der Waals surface area contributed by atoms with Crippen molar-refractivity contribution in [2.75, 3.05) is 31.7 Å². The van der Waals surface area contributed by atoms with Crippen LogP contribution in [0.4, 0.5) is 10.6 Å². The molecule has 20 heteroatoms. The summed E-state index contributed by atoms with van der Waals surface area (Å²) < 4.78 is 24.7. The number of benzene rings is 1. The van der Waals surface area contributed by atoms with E-state index >= 15 is 0 Å². The first-order chi connectivity index (χ1) is 18.2. The van der Waals surface area contributed by atoms with Crippen molar-refractivity contribution < 1.29 is 13.2 Å². The number of rotatable bonds is 8. The number of aromatic nitrogens is 2. The second-order valence-electron chi connectivity index (χ2n) is 9.59. The normalized spacial score (nSPS) is 13.8. The summed E-state index contributed by atoms with van der Waals surface area (Å²) in [6.45, 7) is 2.86. The molecule has 1 fully saturated rings. The highest BCUT2D eigenvalue weighted by Crippen LogP contribution is 2.20. The number of piperidine rings is 1. The van der Waals surface area contributed by atoms with Gasteiger partial charge < -0.3 is 4.90 Å². The highest BCUT2D eigenvalue weighted by molar-refractivity contribution is 8.02. The van der Waals surface area contributed by atoms with Gasteiger partial charge in [0.25, 0.3) is 0 Å². The molecule has 39 heavy (non-hydrogen) atoms. The third-order valence-corrected chi connectivity index (χ3v) is 7.82. The molecule has 0 atom stereocenters. The second kappa shape index (κ2) is 15.3. The zero-order valence-electron chi connectivity index (χ0n) is 22.6. The van der Waals surface area contributed by atoms with Crippen molar-refractivity contribution in [3.05, 3.63) is 42.2 Å². The Morgan fingerprint density at radius 1 is 1.10 bits per heavy atom. The Morgan fingerprint density at radius 2 is 1.72 bits per heavy atom. The van der Waals surface area contributed by atoms with Crippen LogP contribution in [-0.2, 0) is 10.0 Å². The Balaban J connectivity index is 0.000000411. The maximum absolute atomic E-state index is 12.5. The average molecular weight is 522 g/mol. The second-order valence-corrected chi connectivity index (χ2v) is 11.6. The Kier molecular flexibility index (Phi) is 13.1. The van der Waals surface area contributed by atoms with Crippen LogP contribution in [-0.4, -0.2) is 145 Å². The summed E-state index contributed by atoms with van der Waals surface area (Å²) in [5.41, 5.74) is 2.85. The number of amides is 2. The number of hydrogen-bond donors (Lipinski definition) is 1. The third kappa shape index (κ3) is 10.3. The molecular weight excluding hydrogens is 497 g/mol. The van der Waals surface area contributed by atoms with Crippen molar-refractivity contribution in [3.8, 4) is 11.3 Å². The summed E-state index contributed by atoms with van der Waals surface area (Å²) in [7, 11) is 32.0. The van der Waals surface area contributed by atoms with E-state index in [1.807, 2.05) is 31.2 Å². The van der Waals surface area contributed by atoms with Crippen molar-refractivity contribution in [2.24, 2.45) is 0 Å². The molecule has 1 saturated heterocycles. The minimum absolute atomic E-state index is 0.0162. The van der Waals surface area contributed by atoms with E-state index in [1.54, 1.807) is 18.1 Å². The number of hydrogen-bond acceptors (Lipinski definition) is 5. The number of sulfonamides is 1. The topological polar surface area (TPSA) is 95.5 Å². The van der Waals surface area contributed by atoms with Crippen LogP contribution in [0.2, 0.25) is 0 Å². The lowest BCUT2D eigenvalue weighted by atomic mass is 8.56. The molecule has 1 N–H and O–H groups in total. The monoisotopic (exact) mass is 524 g/mol. The van der Waals surface area contributed by atoms with Crippen LogP contribution in [0.25, 0.3) is 11.3 Å². The molecule has 0 spiro atoms. The largest absolute Gasteiger partial charge is 0.324 e. The molecule has 1 aromatic carbocycles. The van der Waals surface area contributed by atoms with Crippen LogP contribution in [0.5, 0.6) is 0 Å². The first-order valence-corrected chi connectivity index (χ1v) is 14.3. The molecule has 183 valence electrons. The van der Waals surface area contributed by atoms with E-state index in [-0.39, 0.29) is 18.5 Å². The fourth-order valence-electron chi connectivity index (χ4n) is 4.17. The van der Waals surface area contributed by atoms with Crippen LogP contribution < -0.4 is 5.32 Å². The standard InChI is InChI=1S/C19H25N5O3S.B11/c1-14-5-4-6-15(11-14)17-12-21-18(13-20-17)22-19(25)23(2)16-7-9-24(10-8-16)28(3,26)27;1-7-10(6)11(8(2)3)9(4)5/h4-6,11-13,16H,7-10H2,1-3H3,(H,21,22,25);. The zero-order valence-corrected chi connectivity index (χ0v) is 23.5. The average Bonchev–Trinajstić information content (AvgIpc) is 2.88. The van der Waals surface area contributed by atoms with Gasteiger partial charge in [-0.1, -0.05) is 23.8 Å². The van der Waals surface area contributed by atoms with Gasteiger partial charge >= 0.3 is 6.03 Å².